The molecule has 0 saturated carbocycles. The number of anilines is 1. The average molecular weight is 351 g/mol. The number of likely N-dealkylation sites (tertiary alicyclic amines) is 1. The third-order valence-electron chi connectivity index (χ3n) is 4.13. The van der Waals surface area contributed by atoms with Crippen molar-refractivity contribution >= 4 is 22.4 Å². The van der Waals surface area contributed by atoms with Gasteiger partial charge in [0.05, 0.1) is 0 Å². The van der Waals surface area contributed by atoms with E-state index < -0.39 is 0 Å². The third-order valence-corrected chi connectivity index (χ3v) is 5.04. The van der Waals surface area contributed by atoms with Gasteiger partial charge in [-0.2, -0.15) is 0 Å². The van der Waals surface area contributed by atoms with Gasteiger partial charge in [-0.1, -0.05) is 47.7 Å². The minimum atomic E-state index is -0.0212. The summed E-state index contributed by atoms with van der Waals surface area (Å²) in [5.41, 5.74) is 1.55. The van der Waals surface area contributed by atoms with Gasteiger partial charge in [0.1, 0.15) is 10.7 Å². The summed E-state index contributed by atoms with van der Waals surface area (Å²) in [6.45, 7) is 1.37. The highest BCUT2D eigenvalue weighted by molar-refractivity contribution is 7.18. The van der Waals surface area contributed by atoms with Crippen molar-refractivity contribution in [3.63, 3.8) is 0 Å². The van der Waals surface area contributed by atoms with E-state index in [1.165, 1.54) is 11.3 Å². The number of carbonyl (C=O) groups is 1. The third kappa shape index (κ3) is 3.51. The second-order valence-corrected chi connectivity index (χ2v) is 6.85. The van der Waals surface area contributed by atoms with Crippen LogP contribution < -0.4 is 5.32 Å². The molecule has 1 unspecified atom stereocenters. The quantitative estimate of drug-likeness (QED) is 0.782. The Kier molecular flexibility index (Phi) is 4.39. The lowest BCUT2D eigenvalue weighted by atomic mass is 10.2. The van der Waals surface area contributed by atoms with Crippen molar-refractivity contribution in [1.82, 2.24) is 20.1 Å². The van der Waals surface area contributed by atoms with E-state index in [9.17, 15) is 4.79 Å². The van der Waals surface area contributed by atoms with E-state index in [0.29, 0.717) is 12.2 Å². The highest BCUT2D eigenvalue weighted by Gasteiger charge is 2.28. The number of hydrogen-bond acceptors (Lipinski definition) is 6. The summed E-state index contributed by atoms with van der Waals surface area (Å²) in [5.74, 6) is -0.0212. The number of nitrogens with one attached hydrogen (secondary N) is 1. The van der Waals surface area contributed by atoms with E-state index in [-0.39, 0.29) is 11.9 Å². The molecule has 6 nitrogen and oxygen atoms in total. The van der Waals surface area contributed by atoms with Gasteiger partial charge in [0.25, 0.3) is 5.91 Å². The molecule has 1 amide bonds. The molecule has 4 rings (SSSR count). The zero-order valence-corrected chi connectivity index (χ0v) is 14.3. The molecule has 0 radical (unpaired) electrons. The Balaban J connectivity index is 1.39. The van der Waals surface area contributed by atoms with Crippen LogP contribution in [-0.2, 0) is 0 Å². The van der Waals surface area contributed by atoms with Gasteiger partial charge in [-0.15, -0.1) is 10.2 Å². The van der Waals surface area contributed by atoms with Crippen LogP contribution in [0.15, 0.2) is 54.7 Å². The van der Waals surface area contributed by atoms with Gasteiger partial charge in [-0.05, 0) is 18.6 Å². The lowest BCUT2D eigenvalue weighted by Gasteiger charge is -2.16. The van der Waals surface area contributed by atoms with Crippen molar-refractivity contribution in [2.75, 3.05) is 18.4 Å². The lowest BCUT2D eigenvalue weighted by molar-refractivity contribution is 0.0786. The fourth-order valence-corrected chi connectivity index (χ4v) is 3.69. The molecule has 0 aliphatic carbocycles. The normalized spacial score (nSPS) is 16.8. The first-order valence-electron chi connectivity index (χ1n) is 8.15. The van der Waals surface area contributed by atoms with Crippen LogP contribution in [0.2, 0.25) is 0 Å². The van der Waals surface area contributed by atoms with Crippen LogP contribution in [0.3, 0.4) is 0 Å². The summed E-state index contributed by atoms with van der Waals surface area (Å²) in [5, 5.41) is 13.5. The molecular formula is C18H17N5OS. The first kappa shape index (κ1) is 15.7. The molecule has 1 saturated heterocycles. The molecule has 1 atom stereocenters. The monoisotopic (exact) mass is 351 g/mol. The molecule has 1 fully saturated rings. The molecule has 1 aliphatic rings. The smallest absolute Gasteiger partial charge is 0.272 e. The minimum absolute atomic E-state index is 0.0212. The van der Waals surface area contributed by atoms with E-state index >= 15 is 0 Å². The number of nitrogens with zero attached hydrogens (tertiary/aromatic N) is 4. The Morgan fingerprint density at radius 2 is 1.96 bits per heavy atom. The van der Waals surface area contributed by atoms with E-state index in [1.54, 1.807) is 12.3 Å². The molecule has 2 aromatic heterocycles. The maximum atomic E-state index is 12.4. The predicted octanol–water partition coefficient (Wildman–Crippen LogP) is 2.93. The van der Waals surface area contributed by atoms with Gasteiger partial charge < -0.3 is 10.2 Å². The summed E-state index contributed by atoms with van der Waals surface area (Å²) >= 11 is 1.53. The van der Waals surface area contributed by atoms with Crippen molar-refractivity contribution in [1.29, 1.82) is 0 Å². The second-order valence-electron chi connectivity index (χ2n) is 5.87. The Labute approximate surface area is 149 Å². The number of carbonyl (C=O) groups excluding carboxylic acids is 1. The fraction of sp³-hybridized carbons (Fsp3) is 0.222. The van der Waals surface area contributed by atoms with E-state index in [1.807, 2.05) is 47.4 Å². The Bertz CT molecular complexity index is 852. The molecule has 0 bridgehead atoms. The van der Waals surface area contributed by atoms with E-state index in [4.69, 9.17) is 0 Å². The van der Waals surface area contributed by atoms with Crippen LogP contribution in [0, 0.1) is 0 Å². The molecule has 1 aromatic carbocycles. The predicted molar refractivity (Wildman–Crippen MR) is 97.5 cm³/mol. The number of amides is 1. The number of aromatic nitrogens is 3. The maximum Gasteiger partial charge on any atom is 0.272 e. The summed E-state index contributed by atoms with van der Waals surface area (Å²) in [6.07, 6.45) is 2.53. The van der Waals surface area contributed by atoms with Gasteiger partial charge in [0, 0.05) is 30.9 Å². The van der Waals surface area contributed by atoms with Crippen LogP contribution in [0.5, 0.6) is 0 Å². The number of benzene rings is 1. The average Bonchev–Trinajstić information content (AvgIpc) is 3.33. The summed E-state index contributed by atoms with van der Waals surface area (Å²) in [7, 11) is 0. The van der Waals surface area contributed by atoms with Crippen LogP contribution in [-0.4, -0.2) is 45.1 Å². The molecule has 1 aliphatic heterocycles. The van der Waals surface area contributed by atoms with Gasteiger partial charge in [0.15, 0.2) is 0 Å². The molecule has 3 aromatic rings. The van der Waals surface area contributed by atoms with Crippen molar-refractivity contribution in [2.24, 2.45) is 0 Å². The number of pyridine rings is 1. The van der Waals surface area contributed by atoms with Crippen molar-refractivity contribution < 1.29 is 4.79 Å². The first-order chi connectivity index (χ1) is 12.3. The zero-order valence-electron chi connectivity index (χ0n) is 13.5. The van der Waals surface area contributed by atoms with Crippen LogP contribution in [0.4, 0.5) is 5.13 Å². The van der Waals surface area contributed by atoms with E-state index in [2.05, 4.69) is 20.5 Å². The van der Waals surface area contributed by atoms with Crippen molar-refractivity contribution in [3.8, 4) is 10.6 Å². The fourth-order valence-electron chi connectivity index (χ4n) is 2.87. The van der Waals surface area contributed by atoms with Crippen molar-refractivity contribution in [2.45, 2.75) is 12.5 Å². The Hall–Kier alpha value is -2.80. The summed E-state index contributed by atoms with van der Waals surface area (Å²) in [6, 6.07) is 15.6. The van der Waals surface area contributed by atoms with Crippen LogP contribution in [0.25, 0.3) is 10.6 Å². The molecular weight excluding hydrogens is 334 g/mol. The molecule has 1 N–H and O–H groups in total. The largest absolute Gasteiger partial charge is 0.355 e. The van der Waals surface area contributed by atoms with Crippen LogP contribution >= 0.6 is 11.3 Å². The highest BCUT2D eigenvalue weighted by atomic mass is 32.1. The number of rotatable bonds is 4. The topological polar surface area (TPSA) is 71.0 Å². The Morgan fingerprint density at radius 3 is 2.76 bits per heavy atom. The van der Waals surface area contributed by atoms with Gasteiger partial charge >= 0.3 is 0 Å². The SMILES string of the molecule is O=C(c1ccccn1)N1CCC(Nc2nnc(-c3ccccc3)s2)C1. The second kappa shape index (κ2) is 6.98. The standard InChI is InChI=1S/C18H17N5OS/c24-17(15-8-4-5-10-19-15)23-11-9-14(12-23)20-18-22-21-16(25-18)13-6-2-1-3-7-13/h1-8,10,14H,9,11-12H2,(H,20,22). The van der Waals surface area contributed by atoms with Gasteiger partial charge in [-0.3, -0.25) is 9.78 Å². The van der Waals surface area contributed by atoms with E-state index in [0.717, 1.165) is 28.7 Å². The molecule has 3 heterocycles. The Morgan fingerprint density at radius 1 is 1.12 bits per heavy atom. The van der Waals surface area contributed by atoms with Gasteiger partial charge in [0.2, 0.25) is 5.13 Å². The lowest BCUT2D eigenvalue weighted by Crippen LogP contribution is -2.32. The molecule has 7 heteroatoms. The molecule has 25 heavy (non-hydrogen) atoms. The van der Waals surface area contributed by atoms with Crippen LogP contribution in [0.1, 0.15) is 16.9 Å². The van der Waals surface area contributed by atoms with Crippen molar-refractivity contribution in [3.05, 3.63) is 60.4 Å². The zero-order chi connectivity index (χ0) is 17.1. The summed E-state index contributed by atoms with van der Waals surface area (Å²) in [4.78, 5) is 18.4. The minimum Gasteiger partial charge on any atom is -0.355 e. The maximum absolute atomic E-state index is 12.4. The molecule has 0 spiro atoms. The molecule has 126 valence electrons. The first-order valence-corrected chi connectivity index (χ1v) is 8.97. The highest BCUT2D eigenvalue weighted by Crippen LogP contribution is 2.27. The number of hydrogen-bond donors (Lipinski definition) is 1. The summed E-state index contributed by atoms with van der Waals surface area (Å²) < 4.78 is 0. The van der Waals surface area contributed by atoms with Gasteiger partial charge in [-0.25, -0.2) is 0 Å².